The van der Waals surface area contributed by atoms with Crippen molar-refractivity contribution in [3.8, 4) is 0 Å². The highest BCUT2D eigenvalue weighted by molar-refractivity contribution is 9.11. The van der Waals surface area contributed by atoms with Gasteiger partial charge in [0.2, 0.25) is 0 Å². The maximum atomic E-state index is 3.53. The lowest BCUT2D eigenvalue weighted by Gasteiger charge is -2.15. The molecule has 0 fully saturated rings. The second-order valence-electron chi connectivity index (χ2n) is 4.77. The van der Waals surface area contributed by atoms with Crippen molar-refractivity contribution in [1.29, 1.82) is 0 Å². The minimum Gasteiger partial charge on any atom is -0.317 e. The molecule has 102 valence electrons. The Kier molecular flexibility index (Phi) is 6.08. The molecule has 0 aliphatic heterocycles. The minimum absolute atomic E-state index is 0.578. The average Bonchev–Trinajstić information content (AvgIpc) is 2.84. The molecule has 0 bridgehead atoms. The zero-order chi connectivity index (χ0) is 13.5. The van der Waals surface area contributed by atoms with Crippen molar-refractivity contribution in [3.05, 3.63) is 56.7 Å². The van der Waals surface area contributed by atoms with Gasteiger partial charge in [-0.25, -0.2) is 0 Å². The summed E-state index contributed by atoms with van der Waals surface area (Å²) < 4.78 is 1.22. The molecule has 1 aromatic carbocycles. The van der Waals surface area contributed by atoms with Crippen molar-refractivity contribution in [2.75, 3.05) is 7.05 Å². The highest BCUT2D eigenvalue weighted by Gasteiger charge is 2.08. The van der Waals surface area contributed by atoms with Crippen LogP contribution >= 0.6 is 27.3 Å². The smallest absolute Gasteiger partial charge is 0.0701 e. The van der Waals surface area contributed by atoms with Crippen molar-refractivity contribution < 1.29 is 0 Å². The lowest BCUT2D eigenvalue weighted by Crippen LogP contribution is -2.27. The lowest BCUT2D eigenvalue weighted by atomic mass is 10.0. The summed E-state index contributed by atoms with van der Waals surface area (Å²) in [5, 5.41) is 3.44. The summed E-state index contributed by atoms with van der Waals surface area (Å²) in [4.78, 5) is 1.45. The molecule has 0 saturated heterocycles. The van der Waals surface area contributed by atoms with Gasteiger partial charge in [-0.3, -0.25) is 0 Å². The van der Waals surface area contributed by atoms with Gasteiger partial charge in [0.1, 0.15) is 0 Å². The number of likely N-dealkylation sites (N-methyl/N-ethyl adjacent to an activating group) is 1. The number of rotatable bonds is 7. The van der Waals surface area contributed by atoms with Crippen LogP contribution in [0.2, 0.25) is 0 Å². The van der Waals surface area contributed by atoms with Crippen LogP contribution in [-0.2, 0) is 12.8 Å². The molecule has 0 radical (unpaired) electrons. The first-order valence-corrected chi connectivity index (χ1v) is 8.34. The first kappa shape index (κ1) is 14.8. The maximum absolute atomic E-state index is 3.53. The van der Waals surface area contributed by atoms with Gasteiger partial charge in [0.25, 0.3) is 0 Å². The van der Waals surface area contributed by atoms with E-state index in [9.17, 15) is 0 Å². The number of hydrogen-bond acceptors (Lipinski definition) is 2. The fourth-order valence-electron chi connectivity index (χ4n) is 2.25. The number of nitrogens with one attached hydrogen (secondary N) is 1. The molecule has 2 rings (SSSR count). The molecular formula is C16H20BrNS. The number of halogens is 1. The third-order valence-electron chi connectivity index (χ3n) is 3.35. The zero-order valence-corrected chi connectivity index (χ0v) is 13.6. The summed E-state index contributed by atoms with van der Waals surface area (Å²) in [6.45, 7) is 0. The maximum Gasteiger partial charge on any atom is 0.0701 e. The molecule has 1 atom stereocenters. The van der Waals surface area contributed by atoms with Crippen LogP contribution in [0, 0.1) is 0 Å². The quantitative estimate of drug-likeness (QED) is 0.774. The molecule has 0 aliphatic rings. The molecule has 0 saturated carbocycles. The predicted molar refractivity (Wildman–Crippen MR) is 88.0 cm³/mol. The Morgan fingerprint density at radius 1 is 1.16 bits per heavy atom. The standard InChI is InChI=1S/C16H20BrNS/c1-18-14(12-15-10-11-16(17)19-15)9-5-8-13-6-3-2-4-7-13/h2-4,6-7,10-11,14,18H,5,8-9,12H2,1H3. The van der Waals surface area contributed by atoms with Gasteiger partial charge >= 0.3 is 0 Å². The molecule has 1 nitrogen and oxygen atoms in total. The van der Waals surface area contributed by atoms with Crippen LogP contribution in [-0.4, -0.2) is 13.1 Å². The van der Waals surface area contributed by atoms with E-state index in [1.807, 2.05) is 11.3 Å². The van der Waals surface area contributed by atoms with E-state index in [0.717, 1.165) is 6.42 Å². The van der Waals surface area contributed by atoms with E-state index in [1.165, 1.54) is 33.5 Å². The molecular weight excluding hydrogens is 318 g/mol. The molecule has 1 N–H and O–H groups in total. The summed E-state index contributed by atoms with van der Waals surface area (Å²) in [5.74, 6) is 0. The van der Waals surface area contributed by atoms with Gasteiger partial charge in [-0.15, -0.1) is 11.3 Å². The van der Waals surface area contributed by atoms with E-state index in [2.05, 4.69) is 70.8 Å². The van der Waals surface area contributed by atoms with E-state index in [-0.39, 0.29) is 0 Å². The summed E-state index contributed by atoms with van der Waals surface area (Å²) in [6, 6.07) is 15.7. The number of thiophene rings is 1. The molecule has 3 heteroatoms. The summed E-state index contributed by atoms with van der Waals surface area (Å²) >= 11 is 5.36. The monoisotopic (exact) mass is 337 g/mol. The van der Waals surface area contributed by atoms with Crippen molar-refractivity contribution in [1.82, 2.24) is 5.32 Å². The molecule has 1 unspecified atom stereocenters. The summed E-state index contributed by atoms with van der Waals surface area (Å²) in [5.41, 5.74) is 1.44. The fraction of sp³-hybridized carbons (Fsp3) is 0.375. The van der Waals surface area contributed by atoms with Crippen LogP contribution in [0.4, 0.5) is 0 Å². The van der Waals surface area contributed by atoms with Crippen LogP contribution in [0.15, 0.2) is 46.3 Å². The van der Waals surface area contributed by atoms with E-state index in [0.29, 0.717) is 6.04 Å². The van der Waals surface area contributed by atoms with Gasteiger partial charge in [-0.1, -0.05) is 30.3 Å². The first-order chi connectivity index (χ1) is 9.28. The Hall–Kier alpha value is -0.640. The van der Waals surface area contributed by atoms with Crippen molar-refractivity contribution in [3.63, 3.8) is 0 Å². The Morgan fingerprint density at radius 2 is 1.95 bits per heavy atom. The molecule has 0 aliphatic carbocycles. The van der Waals surface area contributed by atoms with Gasteiger partial charge in [0.15, 0.2) is 0 Å². The number of hydrogen-bond donors (Lipinski definition) is 1. The largest absolute Gasteiger partial charge is 0.317 e. The molecule has 2 aromatic rings. The SMILES string of the molecule is CNC(CCCc1ccccc1)Cc1ccc(Br)s1. The normalized spacial score (nSPS) is 12.5. The Balaban J connectivity index is 1.76. The lowest BCUT2D eigenvalue weighted by molar-refractivity contribution is 0.505. The first-order valence-electron chi connectivity index (χ1n) is 6.73. The highest BCUT2D eigenvalue weighted by Crippen LogP contribution is 2.23. The van der Waals surface area contributed by atoms with Crippen LogP contribution in [0.5, 0.6) is 0 Å². The van der Waals surface area contributed by atoms with Crippen molar-refractivity contribution >= 4 is 27.3 Å². The predicted octanol–water partition coefficient (Wildman–Crippen LogP) is 4.66. The van der Waals surface area contributed by atoms with Gasteiger partial charge in [0.05, 0.1) is 3.79 Å². The minimum atomic E-state index is 0.578. The van der Waals surface area contributed by atoms with E-state index in [1.54, 1.807) is 0 Å². The Morgan fingerprint density at radius 3 is 2.58 bits per heavy atom. The number of benzene rings is 1. The highest BCUT2D eigenvalue weighted by atomic mass is 79.9. The summed E-state index contributed by atoms with van der Waals surface area (Å²) in [6.07, 6.45) is 4.76. The second-order valence-corrected chi connectivity index (χ2v) is 7.32. The molecule has 0 spiro atoms. The number of aryl methyl sites for hydroxylation is 1. The van der Waals surface area contributed by atoms with Crippen LogP contribution in [0.3, 0.4) is 0 Å². The average molecular weight is 338 g/mol. The van der Waals surface area contributed by atoms with Gasteiger partial charge in [0, 0.05) is 10.9 Å². The second kappa shape index (κ2) is 7.83. The summed E-state index contributed by atoms with van der Waals surface area (Å²) in [7, 11) is 2.07. The Labute approximate surface area is 128 Å². The molecule has 1 aromatic heterocycles. The topological polar surface area (TPSA) is 12.0 Å². The van der Waals surface area contributed by atoms with Crippen LogP contribution < -0.4 is 5.32 Å². The van der Waals surface area contributed by atoms with Gasteiger partial charge in [-0.2, -0.15) is 0 Å². The fourth-order valence-corrected chi connectivity index (χ4v) is 3.81. The van der Waals surface area contributed by atoms with Crippen LogP contribution in [0.1, 0.15) is 23.3 Å². The molecule has 1 heterocycles. The third kappa shape index (κ3) is 5.09. The molecule has 0 amide bonds. The van der Waals surface area contributed by atoms with Gasteiger partial charge < -0.3 is 5.32 Å². The van der Waals surface area contributed by atoms with E-state index < -0.39 is 0 Å². The van der Waals surface area contributed by atoms with E-state index >= 15 is 0 Å². The van der Waals surface area contributed by atoms with Gasteiger partial charge in [-0.05, 0) is 66.4 Å². The zero-order valence-electron chi connectivity index (χ0n) is 11.2. The van der Waals surface area contributed by atoms with Crippen LogP contribution in [0.25, 0.3) is 0 Å². The molecule has 19 heavy (non-hydrogen) atoms. The van der Waals surface area contributed by atoms with Crippen molar-refractivity contribution in [2.24, 2.45) is 0 Å². The third-order valence-corrected chi connectivity index (χ3v) is 4.99. The Bertz CT molecular complexity index is 481. The van der Waals surface area contributed by atoms with E-state index in [4.69, 9.17) is 0 Å². The van der Waals surface area contributed by atoms with Crippen molar-refractivity contribution in [2.45, 2.75) is 31.7 Å².